The minimum absolute atomic E-state index is 0.360. The van der Waals surface area contributed by atoms with Gasteiger partial charge in [0.1, 0.15) is 4.21 Å². The molecular formula is C15H18N2O2S2. The Labute approximate surface area is 129 Å². The second-order valence-electron chi connectivity index (χ2n) is 5.30. The van der Waals surface area contributed by atoms with Crippen LogP contribution in [0.25, 0.3) is 0 Å². The van der Waals surface area contributed by atoms with Gasteiger partial charge in [-0.15, -0.1) is 11.3 Å². The maximum absolute atomic E-state index is 12.4. The molecule has 3 rings (SSSR count). The lowest BCUT2D eigenvalue weighted by molar-refractivity contribution is 0.603. The zero-order valence-corrected chi connectivity index (χ0v) is 13.4. The smallest absolute Gasteiger partial charge is 0.271 e. The monoisotopic (exact) mass is 322 g/mol. The standard InChI is InChI=1S/C15H18N2O2S2/c1-11-4-2-3-5-14(11)17-21(18,19)15-9-8-13(20-15)10-16-12-6-7-12/h2-5,8-9,12,16-17H,6-7,10H2,1H3. The fraction of sp³-hybridized carbons (Fsp3) is 0.333. The quantitative estimate of drug-likeness (QED) is 0.859. The van der Waals surface area contributed by atoms with Crippen molar-refractivity contribution in [2.24, 2.45) is 0 Å². The summed E-state index contributed by atoms with van der Waals surface area (Å²) in [6, 6.07) is 11.6. The van der Waals surface area contributed by atoms with Gasteiger partial charge in [0.05, 0.1) is 5.69 Å². The van der Waals surface area contributed by atoms with Gasteiger partial charge in [-0.25, -0.2) is 8.42 Å². The van der Waals surface area contributed by atoms with Crippen molar-refractivity contribution >= 4 is 27.0 Å². The molecule has 1 heterocycles. The van der Waals surface area contributed by atoms with Crippen LogP contribution in [0.3, 0.4) is 0 Å². The number of benzene rings is 1. The van der Waals surface area contributed by atoms with E-state index in [1.165, 1.54) is 24.2 Å². The summed E-state index contributed by atoms with van der Waals surface area (Å²) in [6.07, 6.45) is 2.46. The van der Waals surface area contributed by atoms with Crippen LogP contribution < -0.4 is 10.0 Å². The predicted molar refractivity (Wildman–Crippen MR) is 86.2 cm³/mol. The molecule has 2 aromatic rings. The first-order valence-corrected chi connectivity index (χ1v) is 9.25. The van der Waals surface area contributed by atoms with E-state index in [0.717, 1.165) is 17.0 Å². The molecule has 6 heteroatoms. The van der Waals surface area contributed by atoms with Gasteiger partial charge in [-0.05, 0) is 43.5 Å². The van der Waals surface area contributed by atoms with E-state index in [1.807, 2.05) is 31.2 Å². The Morgan fingerprint density at radius 1 is 1.19 bits per heavy atom. The first-order valence-electron chi connectivity index (χ1n) is 6.95. The Balaban J connectivity index is 1.73. The molecule has 4 nitrogen and oxygen atoms in total. The molecule has 0 bridgehead atoms. The van der Waals surface area contributed by atoms with Gasteiger partial charge in [0.25, 0.3) is 10.0 Å². The lowest BCUT2D eigenvalue weighted by atomic mass is 10.2. The topological polar surface area (TPSA) is 58.2 Å². The second-order valence-corrected chi connectivity index (χ2v) is 8.37. The van der Waals surface area contributed by atoms with E-state index in [4.69, 9.17) is 0 Å². The molecule has 1 aromatic heterocycles. The molecule has 1 saturated carbocycles. The predicted octanol–water partition coefficient (Wildman–Crippen LogP) is 3.11. The van der Waals surface area contributed by atoms with Crippen molar-refractivity contribution < 1.29 is 8.42 Å². The highest BCUT2D eigenvalue weighted by molar-refractivity contribution is 7.94. The average molecular weight is 322 g/mol. The Morgan fingerprint density at radius 3 is 2.67 bits per heavy atom. The summed E-state index contributed by atoms with van der Waals surface area (Å²) in [7, 11) is -3.50. The van der Waals surface area contributed by atoms with Crippen molar-refractivity contribution in [2.45, 2.75) is 36.6 Å². The lowest BCUT2D eigenvalue weighted by Gasteiger charge is -2.08. The number of nitrogens with one attached hydrogen (secondary N) is 2. The first-order chi connectivity index (χ1) is 10.0. The minimum atomic E-state index is -3.50. The first kappa shape index (κ1) is 14.6. The van der Waals surface area contributed by atoms with Gasteiger partial charge in [-0.2, -0.15) is 0 Å². The largest absolute Gasteiger partial charge is 0.309 e. The third-order valence-electron chi connectivity index (χ3n) is 3.43. The summed E-state index contributed by atoms with van der Waals surface area (Å²) in [5, 5.41) is 3.39. The summed E-state index contributed by atoms with van der Waals surface area (Å²) >= 11 is 1.32. The van der Waals surface area contributed by atoms with Crippen molar-refractivity contribution in [3.8, 4) is 0 Å². The normalized spacial score (nSPS) is 15.1. The van der Waals surface area contributed by atoms with E-state index in [1.54, 1.807) is 12.1 Å². The Kier molecular flexibility index (Phi) is 4.01. The van der Waals surface area contributed by atoms with Gasteiger partial charge in [-0.1, -0.05) is 18.2 Å². The molecule has 0 atom stereocenters. The van der Waals surface area contributed by atoms with Gasteiger partial charge in [-0.3, -0.25) is 4.72 Å². The Bertz CT molecular complexity index is 734. The summed E-state index contributed by atoms with van der Waals surface area (Å²) < 4.78 is 27.8. The number of para-hydroxylation sites is 1. The highest BCUT2D eigenvalue weighted by atomic mass is 32.2. The van der Waals surface area contributed by atoms with E-state index < -0.39 is 10.0 Å². The SMILES string of the molecule is Cc1ccccc1NS(=O)(=O)c1ccc(CNC2CC2)s1. The highest BCUT2D eigenvalue weighted by Crippen LogP contribution is 2.26. The van der Waals surface area contributed by atoms with Crippen LogP contribution in [0.5, 0.6) is 0 Å². The molecule has 112 valence electrons. The van der Waals surface area contributed by atoms with Crippen LogP contribution in [0.4, 0.5) is 5.69 Å². The number of hydrogen-bond donors (Lipinski definition) is 2. The Hall–Kier alpha value is -1.37. The van der Waals surface area contributed by atoms with E-state index in [9.17, 15) is 8.42 Å². The van der Waals surface area contributed by atoms with Crippen molar-refractivity contribution in [3.63, 3.8) is 0 Å². The van der Waals surface area contributed by atoms with E-state index in [2.05, 4.69) is 10.0 Å². The number of rotatable bonds is 6. The number of hydrogen-bond acceptors (Lipinski definition) is 4. The third-order valence-corrected chi connectivity index (χ3v) is 6.38. The van der Waals surface area contributed by atoms with Gasteiger partial charge >= 0.3 is 0 Å². The summed E-state index contributed by atoms with van der Waals surface area (Å²) in [4.78, 5) is 1.05. The molecule has 0 amide bonds. The van der Waals surface area contributed by atoms with E-state index >= 15 is 0 Å². The van der Waals surface area contributed by atoms with Crippen LogP contribution in [-0.2, 0) is 16.6 Å². The minimum Gasteiger partial charge on any atom is -0.309 e. The van der Waals surface area contributed by atoms with Crippen molar-refractivity contribution in [1.82, 2.24) is 5.32 Å². The van der Waals surface area contributed by atoms with Crippen LogP contribution in [-0.4, -0.2) is 14.5 Å². The second kappa shape index (κ2) is 5.79. The zero-order chi connectivity index (χ0) is 14.9. The van der Waals surface area contributed by atoms with Crippen LogP contribution in [0, 0.1) is 6.92 Å². The van der Waals surface area contributed by atoms with Gasteiger partial charge < -0.3 is 5.32 Å². The molecule has 2 N–H and O–H groups in total. The molecule has 21 heavy (non-hydrogen) atoms. The fourth-order valence-electron chi connectivity index (χ4n) is 2.01. The number of thiophene rings is 1. The third kappa shape index (κ3) is 3.64. The zero-order valence-electron chi connectivity index (χ0n) is 11.8. The Morgan fingerprint density at radius 2 is 1.95 bits per heavy atom. The van der Waals surface area contributed by atoms with Crippen molar-refractivity contribution in [1.29, 1.82) is 0 Å². The molecule has 0 saturated heterocycles. The van der Waals surface area contributed by atoms with Gasteiger partial charge in [0, 0.05) is 17.5 Å². The maximum Gasteiger partial charge on any atom is 0.271 e. The fourth-order valence-corrected chi connectivity index (χ4v) is 4.45. The van der Waals surface area contributed by atoms with Crippen molar-refractivity contribution in [3.05, 3.63) is 46.8 Å². The summed E-state index contributed by atoms with van der Waals surface area (Å²) in [5.41, 5.74) is 1.54. The van der Waals surface area contributed by atoms with Crippen molar-refractivity contribution in [2.75, 3.05) is 4.72 Å². The molecule has 0 unspecified atom stereocenters. The van der Waals surface area contributed by atoms with Crippen LogP contribution in [0.15, 0.2) is 40.6 Å². The van der Waals surface area contributed by atoms with Gasteiger partial charge in [0.15, 0.2) is 0 Å². The van der Waals surface area contributed by atoms with Crippen LogP contribution >= 0.6 is 11.3 Å². The maximum atomic E-state index is 12.4. The summed E-state index contributed by atoms with van der Waals surface area (Å²) in [6.45, 7) is 2.63. The number of anilines is 1. The molecule has 0 aliphatic heterocycles. The lowest BCUT2D eigenvalue weighted by Crippen LogP contribution is -2.14. The number of sulfonamides is 1. The molecule has 1 aliphatic carbocycles. The molecule has 1 fully saturated rings. The molecule has 1 aliphatic rings. The average Bonchev–Trinajstić information content (AvgIpc) is 3.15. The molecule has 0 spiro atoms. The van der Waals surface area contributed by atoms with Crippen LogP contribution in [0.2, 0.25) is 0 Å². The van der Waals surface area contributed by atoms with Gasteiger partial charge in [0.2, 0.25) is 0 Å². The molecular weight excluding hydrogens is 304 g/mol. The summed E-state index contributed by atoms with van der Waals surface area (Å²) in [5.74, 6) is 0. The molecule has 0 radical (unpaired) electrons. The number of aryl methyl sites for hydroxylation is 1. The van der Waals surface area contributed by atoms with E-state index in [-0.39, 0.29) is 0 Å². The molecule has 1 aromatic carbocycles. The van der Waals surface area contributed by atoms with Crippen LogP contribution in [0.1, 0.15) is 23.3 Å². The highest BCUT2D eigenvalue weighted by Gasteiger charge is 2.21. The van der Waals surface area contributed by atoms with E-state index in [0.29, 0.717) is 15.9 Å².